The predicted molar refractivity (Wildman–Crippen MR) is 131 cm³/mol. The molecule has 1 amide bonds. The first-order valence-corrected chi connectivity index (χ1v) is 11.8. The summed E-state index contributed by atoms with van der Waals surface area (Å²) in [5.41, 5.74) is 7.30. The number of rotatable bonds is 6. The number of nitrogens with zero attached hydrogens (tertiary/aromatic N) is 6. The predicted octanol–water partition coefficient (Wildman–Crippen LogP) is 1.99. The highest BCUT2D eigenvalue weighted by molar-refractivity contribution is 5.92. The molecule has 2 aliphatic heterocycles. The minimum atomic E-state index is -0.546. The van der Waals surface area contributed by atoms with E-state index in [1.807, 2.05) is 19.2 Å². The highest BCUT2D eigenvalue weighted by atomic mass is 16.5. The molecule has 10 heteroatoms. The quantitative estimate of drug-likeness (QED) is 0.566. The third kappa shape index (κ3) is 4.86. The van der Waals surface area contributed by atoms with E-state index in [4.69, 9.17) is 15.5 Å². The molecule has 5 heterocycles. The smallest absolute Gasteiger partial charge is 0.267 e. The number of nitrogens with two attached hydrogens (primary N) is 1. The number of aryl methyl sites for hydroxylation is 1. The number of carbonyl (C=O) groups is 1. The lowest BCUT2D eigenvalue weighted by Crippen LogP contribution is -2.38. The fraction of sp³-hybridized carbons (Fsp3) is 0.458. The van der Waals surface area contributed by atoms with E-state index in [1.165, 1.54) is 0 Å². The molecule has 3 N–H and O–H groups in total. The van der Waals surface area contributed by atoms with E-state index in [1.54, 1.807) is 6.07 Å². The number of pyridine rings is 2. The third-order valence-electron chi connectivity index (χ3n) is 6.47. The lowest BCUT2D eigenvalue weighted by molar-refractivity contribution is 0.0995. The van der Waals surface area contributed by atoms with Crippen LogP contribution in [0.2, 0.25) is 0 Å². The standard InChI is InChI=1S/C24H30N8O2/c1-16-13-20(22(25)33)29-24(28-16)27-15-17-4-7-32(8-5-17)23-18-3-2-6-26-19(18)14-21(30-23)31-9-11-34-12-10-31/h2-3,6,13-14,17H,4-5,7-12,15H2,1H3,(H2,25,33)(H,27,28,29). The van der Waals surface area contributed by atoms with E-state index >= 15 is 0 Å². The number of piperidine rings is 1. The molecule has 2 saturated heterocycles. The van der Waals surface area contributed by atoms with Crippen molar-refractivity contribution in [3.8, 4) is 0 Å². The van der Waals surface area contributed by atoms with Crippen LogP contribution in [-0.2, 0) is 4.74 Å². The molecule has 0 radical (unpaired) electrons. The number of anilines is 3. The maximum absolute atomic E-state index is 11.5. The Kier molecular flexibility index (Phi) is 6.39. The van der Waals surface area contributed by atoms with Crippen LogP contribution in [0.5, 0.6) is 0 Å². The Hall–Kier alpha value is -3.53. The van der Waals surface area contributed by atoms with Gasteiger partial charge < -0.3 is 25.6 Å². The van der Waals surface area contributed by atoms with Gasteiger partial charge in [0.1, 0.15) is 17.3 Å². The number of hydrogen-bond acceptors (Lipinski definition) is 9. The number of ether oxygens (including phenoxy) is 1. The molecule has 3 aromatic heterocycles. The van der Waals surface area contributed by atoms with Crippen molar-refractivity contribution in [3.63, 3.8) is 0 Å². The SMILES string of the molecule is Cc1cc(C(N)=O)nc(NCC2CCN(c3nc(N4CCOCC4)cc4ncccc34)CC2)n1. The van der Waals surface area contributed by atoms with E-state index in [0.29, 0.717) is 17.6 Å². The van der Waals surface area contributed by atoms with Gasteiger partial charge in [0.25, 0.3) is 5.91 Å². The van der Waals surface area contributed by atoms with Crippen molar-refractivity contribution >= 4 is 34.4 Å². The normalized spacial score (nSPS) is 17.2. The molecule has 2 aliphatic rings. The van der Waals surface area contributed by atoms with Crippen LogP contribution in [-0.4, -0.2) is 71.8 Å². The summed E-state index contributed by atoms with van der Waals surface area (Å²) in [6.45, 7) is 7.54. The van der Waals surface area contributed by atoms with Gasteiger partial charge in [-0.2, -0.15) is 0 Å². The number of primary amides is 1. The van der Waals surface area contributed by atoms with Gasteiger partial charge in [0.2, 0.25) is 5.95 Å². The summed E-state index contributed by atoms with van der Waals surface area (Å²) >= 11 is 0. The van der Waals surface area contributed by atoms with Gasteiger partial charge in [0, 0.05) is 56.1 Å². The Labute approximate surface area is 198 Å². The molecule has 0 atom stereocenters. The maximum Gasteiger partial charge on any atom is 0.267 e. The molecule has 0 unspecified atom stereocenters. The molecule has 34 heavy (non-hydrogen) atoms. The molecule has 2 fully saturated rings. The molecular formula is C24H30N8O2. The maximum atomic E-state index is 11.5. The van der Waals surface area contributed by atoms with Crippen LogP contribution in [0.1, 0.15) is 29.0 Å². The van der Waals surface area contributed by atoms with Gasteiger partial charge in [-0.1, -0.05) is 0 Å². The fourth-order valence-corrected chi connectivity index (χ4v) is 4.60. The Morgan fingerprint density at radius 2 is 1.91 bits per heavy atom. The van der Waals surface area contributed by atoms with E-state index in [9.17, 15) is 4.79 Å². The Balaban J connectivity index is 1.27. The monoisotopic (exact) mass is 462 g/mol. The molecule has 0 saturated carbocycles. The van der Waals surface area contributed by atoms with Gasteiger partial charge >= 0.3 is 0 Å². The van der Waals surface area contributed by atoms with Crippen LogP contribution < -0.4 is 20.9 Å². The average molecular weight is 463 g/mol. The van der Waals surface area contributed by atoms with Gasteiger partial charge in [-0.05, 0) is 43.9 Å². The topological polar surface area (TPSA) is 122 Å². The van der Waals surface area contributed by atoms with Crippen LogP contribution in [0.25, 0.3) is 10.9 Å². The second kappa shape index (κ2) is 9.76. The van der Waals surface area contributed by atoms with Crippen LogP contribution in [0.4, 0.5) is 17.6 Å². The molecular weight excluding hydrogens is 432 g/mol. The van der Waals surface area contributed by atoms with Gasteiger partial charge in [0.15, 0.2) is 0 Å². The summed E-state index contributed by atoms with van der Waals surface area (Å²) in [4.78, 5) is 34.4. The Morgan fingerprint density at radius 1 is 1.12 bits per heavy atom. The molecule has 0 bridgehead atoms. The van der Waals surface area contributed by atoms with Gasteiger partial charge in [-0.25, -0.2) is 15.0 Å². The van der Waals surface area contributed by atoms with Crippen molar-refractivity contribution < 1.29 is 9.53 Å². The first kappa shape index (κ1) is 22.3. The first-order valence-electron chi connectivity index (χ1n) is 11.8. The largest absolute Gasteiger partial charge is 0.378 e. The molecule has 0 spiro atoms. The van der Waals surface area contributed by atoms with Crippen LogP contribution in [0, 0.1) is 12.8 Å². The fourth-order valence-electron chi connectivity index (χ4n) is 4.60. The van der Waals surface area contributed by atoms with Gasteiger partial charge in [-0.15, -0.1) is 0 Å². The number of nitrogens with one attached hydrogen (secondary N) is 1. The number of aromatic nitrogens is 4. The number of hydrogen-bond donors (Lipinski definition) is 2. The summed E-state index contributed by atoms with van der Waals surface area (Å²) in [6.07, 6.45) is 3.88. The van der Waals surface area contributed by atoms with E-state index in [-0.39, 0.29) is 5.69 Å². The molecule has 0 aliphatic carbocycles. The van der Waals surface area contributed by atoms with E-state index < -0.39 is 5.91 Å². The molecule has 0 aromatic carbocycles. The number of morpholine rings is 1. The van der Waals surface area contributed by atoms with Crippen LogP contribution in [0.3, 0.4) is 0 Å². The zero-order valence-electron chi connectivity index (χ0n) is 19.4. The number of carbonyl (C=O) groups excluding carboxylic acids is 1. The Bertz CT molecular complexity index is 1170. The number of fused-ring (bicyclic) bond motifs is 1. The lowest BCUT2D eigenvalue weighted by Gasteiger charge is -2.35. The highest BCUT2D eigenvalue weighted by Crippen LogP contribution is 2.31. The highest BCUT2D eigenvalue weighted by Gasteiger charge is 2.24. The van der Waals surface area contributed by atoms with Crippen LogP contribution in [0.15, 0.2) is 30.5 Å². The van der Waals surface area contributed by atoms with Crippen molar-refractivity contribution in [3.05, 3.63) is 41.9 Å². The summed E-state index contributed by atoms with van der Waals surface area (Å²) in [5, 5.41) is 4.38. The third-order valence-corrected chi connectivity index (χ3v) is 6.47. The van der Waals surface area contributed by atoms with Crippen molar-refractivity contribution in [1.82, 2.24) is 19.9 Å². The molecule has 178 valence electrons. The minimum absolute atomic E-state index is 0.233. The summed E-state index contributed by atoms with van der Waals surface area (Å²) in [5.74, 6) is 2.36. The van der Waals surface area contributed by atoms with Crippen LogP contribution >= 0.6 is 0 Å². The second-order valence-corrected chi connectivity index (χ2v) is 8.87. The Morgan fingerprint density at radius 3 is 2.68 bits per heavy atom. The zero-order valence-corrected chi connectivity index (χ0v) is 19.4. The lowest BCUT2D eigenvalue weighted by atomic mass is 9.96. The molecule has 10 nitrogen and oxygen atoms in total. The summed E-state index contributed by atoms with van der Waals surface area (Å²) in [7, 11) is 0. The minimum Gasteiger partial charge on any atom is -0.378 e. The summed E-state index contributed by atoms with van der Waals surface area (Å²) in [6, 6.07) is 7.76. The first-order chi connectivity index (χ1) is 16.6. The van der Waals surface area contributed by atoms with Crippen molar-refractivity contribution in [2.45, 2.75) is 19.8 Å². The van der Waals surface area contributed by atoms with Crippen molar-refractivity contribution in [2.24, 2.45) is 11.7 Å². The van der Waals surface area contributed by atoms with Crippen molar-refractivity contribution in [2.75, 3.05) is 61.1 Å². The molecule has 5 rings (SSSR count). The van der Waals surface area contributed by atoms with Gasteiger partial charge in [0.05, 0.1) is 18.7 Å². The van der Waals surface area contributed by atoms with E-state index in [2.05, 4.69) is 42.2 Å². The number of amides is 1. The van der Waals surface area contributed by atoms with Gasteiger partial charge in [-0.3, -0.25) is 9.78 Å². The molecule has 3 aromatic rings. The van der Waals surface area contributed by atoms with Crippen molar-refractivity contribution in [1.29, 1.82) is 0 Å². The van der Waals surface area contributed by atoms with E-state index in [0.717, 1.165) is 81.3 Å². The second-order valence-electron chi connectivity index (χ2n) is 8.87. The average Bonchev–Trinajstić information content (AvgIpc) is 2.87. The zero-order chi connectivity index (χ0) is 23.5. The summed E-state index contributed by atoms with van der Waals surface area (Å²) < 4.78 is 5.51.